The van der Waals surface area contributed by atoms with Crippen LogP contribution in [0.1, 0.15) is 12.5 Å². The maximum absolute atomic E-state index is 3.44. The molecule has 0 aliphatic heterocycles. The van der Waals surface area contributed by atoms with Gasteiger partial charge in [-0.2, -0.15) is 0 Å². The third kappa shape index (κ3) is 4.69. The van der Waals surface area contributed by atoms with Crippen LogP contribution >= 0.6 is 15.9 Å². The molecule has 0 saturated carbocycles. The number of benzene rings is 1. The first-order valence-corrected chi connectivity index (χ1v) is 5.24. The van der Waals surface area contributed by atoms with E-state index in [-0.39, 0.29) is 0 Å². The van der Waals surface area contributed by atoms with Crippen LogP contribution in [0.15, 0.2) is 48.6 Å². The van der Waals surface area contributed by atoms with Gasteiger partial charge in [0.2, 0.25) is 0 Å². The van der Waals surface area contributed by atoms with Crippen LogP contribution in [0.25, 0.3) is 6.08 Å². The van der Waals surface area contributed by atoms with Crippen LogP contribution in [0.4, 0.5) is 0 Å². The van der Waals surface area contributed by atoms with Gasteiger partial charge < -0.3 is 0 Å². The number of alkyl halides is 1. The lowest BCUT2D eigenvalue weighted by atomic mass is 10.2. The molecule has 68 valence electrons. The smallest absolute Gasteiger partial charge is 0.0300 e. The molecule has 0 radical (unpaired) electrons. The third-order valence-corrected chi connectivity index (χ3v) is 1.88. The molecule has 1 aromatic rings. The lowest BCUT2D eigenvalue weighted by Crippen LogP contribution is -1.77. The number of hydrogen-bond donors (Lipinski definition) is 0. The van der Waals surface area contributed by atoms with Crippen LogP contribution in [0.2, 0.25) is 0 Å². The molecule has 1 unspecified atom stereocenters. The van der Waals surface area contributed by atoms with E-state index >= 15 is 0 Å². The molecule has 1 aromatic carbocycles. The molecule has 0 saturated heterocycles. The van der Waals surface area contributed by atoms with Crippen LogP contribution in [0.5, 0.6) is 0 Å². The van der Waals surface area contributed by atoms with Crippen molar-refractivity contribution in [1.82, 2.24) is 0 Å². The fraction of sp³-hybridized carbons (Fsp3) is 0.167. The molecule has 0 aliphatic carbocycles. The molecule has 0 amide bonds. The Morgan fingerprint density at radius 3 is 2.46 bits per heavy atom. The summed E-state index contributed by atoms with van der Waals surface area (Å²) in [7, 11) is 0. The molecular formula is C12H13Br. The number of allylic oxidation sites excluding steroid dienone is 3. The summed E-state index contributed by atoms with van der Waals surface area (Å²) in [5, 5.41) is 0. The predicted octanol–water partition coefficient (Wildman–Crippen LogP) is 4.04. The molecule has 0 spiro atoms. The minimum absolute atomic E-state index is 0.438. The fourth-order valence-corrected chi connectivity index (χ4v) is 1.12. The van der Waals surface area contributed by atoms with Gasteiger partial charge >= 0.3 is 0 Å². The van der Waals surface area contributed by atoms with Crippen LogP contribution in [-0.2, 0) is 0 Å². The van der Waals surface area contributed by atoms with E-state index in [0.29, 0.717) is 4.83 Å². The van der Waals surface area contributed by atoms with Crippen molar-refractivity contribution < 1.29 is 0 Å². The monoisotopic (exact) mass is 236 g/mol. The zero-order valence-corrected chi connectivity index (χ0v) is 9.24. The summed E-state index contributed by atoms with van der Waals surface area (Å²) in [4.78, 5) is 0.438. The fourth-order valence-electron chi connectivity index (χ4n) is 0.948. The van der Waals surface area contributed by atoms with E-state index in [2.05, 4.69) is 47.1 Å². The van der Waals surface area contributed by atoms with Gasteiger partial charge in [-0.15, -0.1) is 0 Å². The van der Waals surface area contributed by atoms with Crippen molar-refractivity contribution in [2.24, 2.45) is 0 Å². The van der Waals surface area contributed by atoms with Gasteiger partial charge in [0.1, 0.15) is 0 Å². The Kier molecular flexibility index (Phi) is 4.55. The quantitative estimate of drug-likeness (QED) is 0.549. The summed E-state index contributed by atoms with van der Waals surface area (Å²) in [6.07, 6.45) is 8.28. The van der Waals surface area contributed by atoms with Crippen molar-refractivity contribution in [1.29, 1.82) is 0 Å². The molecule has 1 atom stereocenters. The molecule has 1 heteroatoms. The highest BCUT2D eigenvalue weighted by Crippen LogP contribution is 2.02. The van der Waals surface area contributed by atoms with E-state index in [1.54, 1.807) is 0 Å². The summed E-state index contributed by atoms with van der Waals surface area (Å²) in [6, 6.07) is 10.3. The molecule has 0 heterocycles. The maximum atomic E-state index is 3.44. The number of rotatable bonds is 3. The summed E-state index contributed by atoms with van der Waals surface area (Å²) < 4.78 is 0. The second-order valence-corrected chi connectivity index (χ2v) is 4.28. The first-order chi connectivity index (χ1) is 6.29. The van der Waals surface area contributed by atoms with Crippen molar-refractivity contribution in [2.75, 3.05) is 0 Å². The van der Waals surface area contributed by atoms with Gasteiger partial charge in [-0.25, -0.2) is 0 Å². The van der Waals surface area contributed by atoms with E-state index in [1.165, 1.54) is 5.56 Å². The lowest BCUT2D eigenvalue weighted by Gasteiger charge is -1.89. The van der Waals surface area contributed by atoms with Gasteiger partial charge in [0.05, 0.1) is 0 Å². The van der Waals surface area contributed by atoms with Gasteiger partial charge in [0.15, 0.2) is 0 Å². The molecule has 1 rings (SSSR count). The van der Waals surface area contributed by atoms with Crippen molar-refractivity contribution in [3.05, 3.63) is 54.1 Å². The summed E-state index contributed by atoms with van der Waals surface area (Å²) in [6.45, 7) is 2.09. The Balaban J connectivity index is 2.50. The number of halogens is 1. The van der Waals surface area contributed by atoms with Gasteiger partial charge in [-0.05, 0) is 12.5 Å². The Labute approximate surface area is 88.1 Å². The van der Waals surface area contributed by atoms with Crippen LogP contribution in [-0.4, -0.2) is 4.83 Å². The zero-order chi connectivity index (χ0) is 9.52. The van der Waals surface area contributed by atoms with Crippen molar-refractivity contribution >= 4 is 22.0 Å². The molecule has 0 fully saturated rings. The van der Waals surface area contributed by atoms with Crippen LogP contribution in [0, 0.1) is 0 Å². The highest BCUT2D eigenvalue weighted by atomic mass is 79.9. The zero-order valence-electron chi connectivity index (χ0n) is 7.65. The average molecular weight is 237 g/mol. The predicted molar refractivity (Wildman–Crippen MR) is 63.0 cm³/mol. The van der Waals surface area contributed by atoms with Crippen LogP contribution < -0.4 is 0 Å². The molecule has 0 aromatic heterocycles. The Hall–Kier alpha value is -0.820. The topological polar surface area (TPSA) is 0 Å². The minimum atomic E-state index is 0.438. The van der Waals surface area contributed by atoms with Gasteiger partial charge in [0.25, 0.3) is 0 Å². The Morgan fingerprint density at radius 1 is 1.15 bits per heavy atom. The van der Waals surface area contributed by atoms with Gasteiger partial charge in [0, 0.05) is 4.83 Å². The van der Waals surface area contributed by atoms with Crippen molar-refractivity contribution in [2.45, 2.75) is 11.8 Å². The van der Waals surface area contributed by atoms with E-state index in [9.17, 15) is 0 Å². The summed E-state index contributed by atoms with van der Waals surface area (Å²) >= 11 is 3.44. The largest absolute Gasteiger partial charge is 0.0848 e. The molecule has 0 nitrogen and oxygen atoms in total. The van der Waals surface area contributed by atoms with Crippen molar-refractivity contribution in [3.63, 3.8) is 0 Å². The van der Waals surface area contributed by atoms with Crippen LogP contribution in [0.3, 0.4) is 0 Å². The molecule has 13 heavy (non-hydrogen) atoms. The highest BCUT2D eigenvalue weighted by Gasteiger charge is 1.83. The second kappa shape index (κ2) is 5.76. The third-order valence-electron chi connectivity index (χ3n) is 1.58. The van der Waals surface area contributed by atoms with E-state index in [1.807, 2.05) is 30.4 Å². The normalized spacial score (nSPS) is 14.0. The van der Waals surface area contributed by atoms with Crippen molar-refractivity contribution in [3.8, 4) is 0 Å². The van der Waals surface area contributed by atoms with Gasteiger partial charge in [-0.1, -0.05) is 70.6 Å². The SMILES string of the molecule is CC(Br)/C=C/C=C/c1ccccc1. The Morgan fingerprint density at radius 2 is 1.85 bits per heavy atom. The average Bonchev–Trinajstić information content (AvgIpc) is 2.14. The second-order valence-electron chi connectivity index (χ2n) is 2.83. The molecular weight excluding hydrogens is 224 g/mol. The molecule has 0 bridgehead atoms. The summed E-state index contributed by atoms with van der Waals surface area (Å²) in [5.74, 6) is 0. The first-order valence-electron chi connectivity index (χ1n) is 4.33. The summed E-state index contributed by atoms with van der Waals surface area (Å²) in [5.41, 5.74) is 1.23. The highest BCUT2D eigenvalue weighted by molar-refractivity contribution is 9.09. The minimum Gasteiger partial charge on any atom is -0.0848 e. The van der Waals surface area contributed by atoms with E-state index in [4.69, 9.17) is 0 Å². The first kappa shape index (κ1) is 10.3. The standard InChI is InChI=1S/C12H13Br/c1-11(13)7-5-6-10-12-8-3-2-4-9-12/h2-11H,1H3/b7-5+,10-6+. The molecule has 0 N–H and O–H groups in total. The van der Waals surface area contributed by atoms with E-state index in [0.717, 1.165) is 0 Å². The maximum Gasteiger partial charge on any atom is 0.0300 e. The van der Waals surface area contributed by atoms with Gasteiger partial charge in [-0.3, -0.25) is 0 Å². The Bertz CT molecular complexity index is 283. The lowest BCUT2D eigenvalue weighted by molar-refractivity contribution is 1.27. The van der Waals surface area contributed by atoms with E-state index < -0.39 is 0 Å². The number of hydrogen-bond acceptors (Lipinski definition) is 0. The molecule has 0 aliphatic rings.